The molecular formula is C15H14F3N. The quantitative estimate of drug-likeness (QED) is 0.756. The summed E-state index contributed by atoms with van der Waals surface area (Å²) >= 11 is 0. The van der Waals surface area contributed by atoms with Crippen LogP contribution >= 0.6 is 0 Å². The molecule has 1 aliphatic rings. The lowest BCUT2D eigenvalue weighted by atomic mass is 9.78. The fraction of sp³-hybridized carbons (Fsp3) is 0.400. The van der Waals surface area contributed by atoms with Crippen LogP contribution in [0.5, 0.6) is 0 Å². The molecule has 1 aliphatic carbocycles. The maximum atomic E-state index is 13.5. The first-order chi connectivity index (χ1) is 9.10. The Bertz CT molecular complexity index is 519. The monoisotopic (exact) mass is 265 g/mol. The van der Waals surface area contributed by atoms with Gasteiger partial charge >= 0.3 is 0 Å². The molecule has 0 spiro atoms. The van der Waals surface area contributed by atoms with Crippen LogP contribution in [0.3, 0.4) is 0 Å². The summed E-state index contributed by atoms with van der Waals surface area (Å²) in [6.45, 7) is 0. The number of nitrogens with zero attached hydrogens (tertiary/aromatic N) is 1. The van der Waals surface area contributed by atoms with Crippen LogP contribution in [0.4, 0.5) is 13.2 Å². The second-order valence-corrected chi connectivity index (χ2v) is 4.92. The van der Waals surface area contributed by atoms with Gasteiger partial charge in [0.25, 0.3) is 6.08 Å². The van der Waals surface area contributed by atoms with Crippen molar-refractivity contribution in [3.63, 3.8) is 0 Å². The fourth-order valence-electron chi connectivity index (χ4n) is 2.67. The lowest BCUT2D eigenvalue weighted by Gasteiger charge is -2.26. The normalized spacial score (nSPS) is 22.6. The number of benzene rings is 1. The maximum Gasteiger partial charge on any atom is 0.266 e. The van der Waals surface area contributed by atoms with Gasteiger partial charge in [-0.05, 0) is 61.3 Å². The fourth-order valence-corrected chi connectivity index (χ4v) is 2.67. The van der Waals surface area contributed by atoms with Crippen molar-refractivity contribution in [3.8, 4) is 6.07 Å². The molecule has 19 heavy (non-hydrogen) atoms. The lowest BCUT2D eigenvalue weighted by molar-refractivity contribution is 0.350. The van der Waals surface area contributed by atoms with Crippen LogP contribution in [0.2, 0.25) is 0 Å². The van der Waals surface area contributed by atoms with Gasteiger partial charge in [-0.1, -0.05) is 6.07 Å². The van der Waals surface area contributed by atoms with E-state index in [4.69, 9.17) is 5.26 Å². The van der Waals surface area contributed by atoms with Gasteiger partial charge in [0.15, 0.2) is 0 Å². The second-order valence-electron chi connectivity index (χ2n) is 4.92. The van der Waals surface area contributed by atoms with Gasteiger partial charge in [-0.25, -0.2) is 4.39 Å². The predicted octanol–water partition coefficient (Wildman–Crippen LogP) is 4.75. The highest BCUT2D eigenvalue weighted by molar-refractivity contribution is 5.34. The van der Waals surface area contributed by atoms with Crippen LogP contribution in [0, 0.1) is 23.1 Å². The third-order valence-electron chi connectivity index (χ3n) is 3.72. The average Bonchev–Trinajstić information content (AvgIpc) is 2.39. The summed E-state index contributed by atoms with van der Waals surface area (Å²) in [6, 6.07) is 6.43. The minimum Gasteiger partial charge on any atom is -0.206 e. The van der Waals surface area contributed by atoms with Crippen molar-refractivity contribution >= 4 is 0 Å². The molecule has 0 atom stereocenters. The minimum atomic E-state index is -1.62. The van der Waals surface area contributed by atoms with Crippen molar-refractivity contribution < 1.29 is 13.2 Å². The SMILES string of the molecule is N#Cc1ccc(C2CCC(C=C(F)F)CC2)cc1F. The van der Waals surface area contributed by atoms with Gasteiger partial charge in [0.2, 0.25) is 0 Å². The van der Waals surface area contributed by atoms with Crippen LogP contribution in [-0.4, -0.2) is 0 Å². The van der Waals surface area contributed by atoms with Gasteiger partial charge < -0.3 is 0 Å². The molecule has 4 heteroatoms. The van der Waals surface area contributed by atoms with Gasteiger partial charge in [-0.15, -0.1) is 0 Å². The molecule has 0 radical (unpaired) electrons. The highest BCUT2D eigenvalue weighted by Crippen LogP contribution is 2.37. The van der Waals surface area contributed by atoms with Crippen molar-refractivity contribution in [2.75, 3.05) is 0 Å². The van der Waals surface area contributed by atoms with E-state index in [-0.39, 0.29) is 17.4 Å². The summed E-state index contributed by atoms with van der Waals surface area (Å²) in [5.74, 6) is -0.365. The Hall–Kier alpha value is -1.76. The first kappa shape index (κ1) is 13.7. The first-order valence-corrected chi connectivity index (χ1v) is 6.32. The zero-order chi connectivity index (χ0) is 13.8. The molecule has 1 nitrogen and oxygen atoms in total. The van der Waals surface area contributed by atoms with Crippen LogP contribution in [-0.2, 0) is 0 Å². The third-order valence-corrected chi connectivity index (χ3v) is 3.72. The topological polar surface area (TPSA) is 23.8 Å². The van der Waals surface area contributed by atoms with Crippen molar-refractivity contribution in [1.29, 1.82) is 5.26 Å². The van der Waals surface area contributed by atoms with Crippen LogP contribution in [0.25, 0.3) is 0 Å². The second kappa shape index (κ2) is 5.92. The van der Waals surface area contributed by atoms with Gasteiger partial charge in [-0.3, -0.25) is 0 Å². The number of nitriles is 1. The van der Waals surface area contributed by atoms with Crippen molar-refractivity contribution in [2.24, 2.45) is 5.92 Å². The summed E-state index contributed by atoms with van der Waals surface area (Å²) in [6.07, 6.45) is 2.36. The molecule has 0 unspecified atom stereocenters. The number of hydrogen-bond acceptors (Lipinski definition) is 1. The van der Waals surface area contributed by atoms with E-state index in [1.807, 2.05) is 0 Å². The lowest BCUT2D eigenvalue weighted by Crippen LogP contribution is -2.12. The number of rotatable bonds is 2. The zero-order valence-corrected chi connectivity index (χ0v) is 10.4. The Morgan fingerprint density at radius 3 is 2.42 bits per heavy atom. The molecule has 0 amide bonds. The zero-order valence-electron chi connectivity index (χ0n) is 10.4. The molecule has 100 valence electrons. The Kier molecular flexibility index (Phi) is 4.26. The highest BCUT2D eigenvalue weighted by Gasteiger charge is 2.22. The highest BCUT2D eigenvalue weighted by atomic mass is 19.3. The molecule has 0 heterocycles. The Labute approximate surface area is 110 Å². The van der Waals surface area contributed by atoms with Gasteiger partial charge in [0, 0.05) is 0 Å². The van der Waals surface area contributed by atoms with E-state index in [1.165, 1.54) is 12.1 Å². The standard InChI is InChI=1S/C15H14F3N/c16-14-8-12(5-6-13(14)9-19)11-3-1-10(2-4-11)7-15(17)18/h5-8,10-11H,1-4H2. The Balaban J connectivity index is 2.04. The molecule has 2 rings (SSSR count). The van der Waals surface area contributed by atoms with E-state index in [9.17, 15) is 13.2 Å². The van der Waals surface area contributed by atoms with Gasteiger partial charge in [0.05, 0.1) is 5.56 Å². The molecule has 1 aromatic rings. The van der Waals surface area contributed by atoms with Crippen LogP contribution in [0.1, 0.15) is 42.7 Å². The van der Waals surface area contributed by atoms with Crippen LogP contribution in [0.15, 0.2) is 30.4 Å². The molecule has 0 N–H and O–H groups in total. The van der Waals surface area contributed by atoms with E-state index in [1.54, 1.807) is 12.1 Å². The molecule has 0 aliphatic heterocycles. The molecule has 1 saturated carbocycles. The Morgan fingerprint density at radius 1 is 1.21 bits per heavy atom. The molecule has 0 saturated heterocycles. The minimum absolute atomic E-state index is 0.0415. The summed E-state index contributed by atoms with van der Waals surface area (Å²) < 4.78 is 37.8. The van der Waals surface area contributed by atoms with Crippen LogP contribution < -0.4 is 0 Å². The maximum absolute atomic E-state index is 13.5. The van der Waals surface area contributed by atoms with E-state index in [0.29, 0.717) is 12.8 Å². The largest absolute Gasteiger partial charge is 0.266 e. The average molecular weight is 265 g/mol. The predicted molar refractivity (Wildman–Crippen MR) is 66.1 cm³/mol. The summed E-state index contributed by atoms with van der Waals surface area (Å²) in [7, 11) is 0. The van der Waals surface area contributed by atoms with Crippen molar-refractivity contribution in [3.05, 3.63) is 47.3 Å². The molecule has 1 fully saturated rings. The van der Waals surface area contributed by atoms with E-state index in [2.05, 4.69) is 0 Å². The summed E-state index contributed by atoms with van der Waals surface area (Å²) in [5.41, 5.74) is 0.902. The number of halogens is 3. The van der Waals surface area contributed by atoms with Gasteiger partial charge in [0.1, 0.15) is 11.9 Å². The molecule has 1 aromatic carbocycles. The van der Waals surface area contributed by atoms with Crippen molar-refractivity contribution in [2.45, 2.75) is 31.6 Å². The number of hydrogen-bond donors (Lipinski definition) is 0. The Morgan fingerprint density at radius 2 is 1.89 bits per heavy atom. The summed E-state index contributed by atoms with van der Waals surface area (Å²) in [5, 5.41) is 8.67. The first-order valence-electron chi connectivity index (χ1n) is 6.32. The van der Waals surface area contributed by atoms with Gasteiger partial charge in [-0.2, -0.15) is 14.0 Å². The molecule has 0 aromatic heterocycles. The molecular weight excluding hydrogens is 251 g/mol. The number of allylic oxidation sites excluding steroid dienone is 1. The summed E-state index contributed by atoms with van der Waals surface area (Å²) in [4.78, 5) is 0. The van der Waals surface area contributed by atoms with E-state index >= 15 is 0 Å². The van der Waals surface area contributed by atoms with E-state index in [0.717, 1.165) is 24.5 Å². The molecule has 0 bridgehead atoms. The third kappa shape index (κ3) is 3.37. The van der Waals surface area contributed by atoms with Crippen molar-refractivity contribution in [1.82, 2.24) is 0 Å². The smallest absolute Gasteiger partial charge is 0.206 e. The van der Waals surface area contributed by atoms with E-state index < -0.39 is 11.9 Å².